The number of fused-ring (bicyclic) bond motifs is 1. The monoisotopic (exact) mass is 238 g/mol. The van der Waals surface area contributed by atoms with E-state index < -0.39 is 5.60 Å². The van der Waals surface area contributed by atoms with Crippen LogP contribution in [0.1, 0.15) is 52.4 Å². The van der Waals surface area contributed by atoms with Crippen molar-refractivity contribution in [2.75, 3.05) is 6.61 Å². The first-order valence-electron chi connectivity index (χ1n) is 6.90. The minimum Gasteiger partial charge on any atom is -0.392 e. The van der Waals surface area contributed by atoms with Gasteiger partial charge in [-0.05, 0) is 61.9 Å². The maximum atomic E-state index is 10.6. The molecule has 2 saturated carbocycles. The second-order valence-electron chi connectivity index (χ2n) is 6.71. The highest BCUT2D eigenvalue weighted by Crippen LogP contribution is 2.56. The van der Waals surface area contributed by atoms with Gasteiger partial charge in [-0.2, -0.15) is 0 Å². The average Bonchev–Trinajstić information content (AvgIpc) is 2.27. The highest BCUT2D eigenvalue weighted by atomic mass is 16.3. The summed E-state index contributed by atoms with van der Waals surface area (Å²) in [4.78, 5) is 0. The van der Waals surface area contributed by atoms with Crippen LogP contribution in [-0.2, 0) is 0 Å². The fraction of sp³-hybridized carbons (Fsp3) is 0.867. The van der Waals surface area contributed by atoms with Crippen LogP contribution in [0.25, 0.3) is 0 Å². The quantitative estimate of drug-likeness (QED) is 0.726. The summed E-state index contributed by atoms with van der Waals surface area (Å²) < 4.78 is 0. The molecule has 2 heteroatoms. The predicted octanol–water partition coefficient (Wildman–Crippen LogP) is 2.89. The topological polar surface area (TPSA) is 40.5 Å². The summed E-state index contributed by atoms with van der Waals surface area (Å²) >= 11 is 0. The highest BCUT2D eigenvalue weighted by Gasteiger charge is 2.50. The van der Waals surface area contributed by atoms with Gasteiger partial charge in [0.25, 0.3) is 0 Å². The maximum absolute atomic E-state index is 10.6. The third kappa shape index (κ3) is 2.30. The predicted molar refractivity (Wildman–Crippen MR) is 69.6 cm³/mol. The smallest absolute Gasteiger partial charge is 0.0653 e. The van der Waals surface area contributed by atoms with Crippen LogP contribution in [-0.4, -0.2) is 22.4 Å². The van der Waals surface area contributed by atoms with Crippen LogP contribution >= 0.6 is 0 Å². The van der Waals surface area contributed by atoms with E-state index >= 15 is 0 Å². The summed E-state index contributed by atoms with van der Waals surface area (Å²) in [6.45, 7) is 8.40. The average molecular weight is 238 g/mol. The minimum absolute atomic E-state index is 0.0935. The van der Waals surface area contributed by atoms with Gasteiger partial charge in [0.1, 0.15) is 0 Å². The molecule has 2 aliphatic rings. The molecular formula is C15H26O2. The third-order valence-corrected chi connectivity index (χ3v) is 5.39. The molecule has 0 saturated heterocycles. The summed E-state index contributed by atoms with van der Waals surface area (Å²) in [5.74, 6) is 0.772. The Morgan fingerprint density at radius 3 is 2.65 bits per heavy atom. The first-order valence-corrected chi connectivity index (χ1v) is 6.90. The lowest BCUT2D eigenvalue weighted by molar-refractivity contribution is -0.120. The van der Waals surface area contributed by atoms with Crippen LogP contribution < -0.4 is 0 Å². The summed E-state index contributed by atoms with van der Waals surface area (Å²) in [6, 6.07) is 0. The van der Waals surface area contributed by atoms with E-state index in [2.05, 4.69) is 13.5 Å². The fourth-order valence-electron chi connectivity index (χ4n) is 4.19. The molecule has 4 atom stereocenters. The normalized spacial score (nSPS) is 46.4. The van der Waals surface area contributed by atoms with E-state index in [9.17, 15) is 10.2 Å². The van der Waals surface area contributed by atoms with Gasteiger partial charge in [-0.3, -0.25) is 0 Å². The second-order valence-corrected chi connectivity index (χ2v) is 6.71. The zero-order valence-electron chi connectivity index (χ0n) is 11.2. The third-order valence-electron chi connectivity index (χ3n) is 5.39. The lowest BCUT2D eigenvalue weighted by atomic mass is 9.53. The molecule has 0 unspecified atom stereocenters. The molecule has 2 aliphatic carbocycles. The number of hydrogen-bond donors (Lipinski definition) is 2. The van der Waals surface area contributed by atoms with Crippen LogP contribution in [0.4, 0.5) is 0 Å². The van der Waals surface area contributed by atoms with E-state index in [0.29, 0.717) is 17.3 Å². The molecule has 0 bridgehead atoms. The zero-order chi connectivity index (χ0) is 12.7. The number of rotatable bonds is 2. The molecule has 2 nitrogen and oxygen atoms in total. The Kier molecular flexibility index (Phi) is 3.39. The molecule has 2 fully saturated rings. The summed E-state index contributed by atoms with van der Waals surface area (Å²) in [6.07, 6.45) is 6.60. The van der Waals surface area contributed by atoms with Gasteiger partial charge >= 0.3 is 0 Å². The van der Waals surface area contributed by atoms with Gasteiger partial charge in [0.2, 0.25) is 0 Å². The molecule has 17 heavy (non-hydrogen) atoms. The van der Waals surface area contributed by atoms with Crippen molar-refractivity contribution in [1.29, 1.82) is 0 Å². The van der Waals surface area contributed by atoms with Crippen LogP contribution in [0.2, 0.25) is 0 Å². The van der Waals surface area contributed by atoms with Crippen LogP contribution in [0.15, 0.2) is 12.2 Å². The molecule has 0 spiro atoms. The Morgan fingerprint density at radius 1 is 1.29 bits per heavy atom. The Labute approximate surface area is 105 Å². The van der Waals surface area contributed by atoms with Crippen LogP contribution in [0, 0.1) is 17.3 Å². The van der Waals surface area contributed by atoms with Crippen molar-refractivity contribution in [2.45, 2.75) is 58.0 Å². The first-order chi connectivity index (χ1) is 7.89. The second kappa shape index (κ2) is 4.40. The first kappa shape index (κ1) is 13.1. The van der Waals surface area contributed by atoms with Crippen LogP contribution in [0.5, 0.6) is 0 Å². The molecule has 0 aliphatic heterocycles. The lowest BCUT2D eigenvalue weighted by Crippen LogP contribution is -2.51. The lowest BCUT2D eigenvalue weighted by Gasteiger charge is -2.54. The molecule has 0 aromatic heterocycles. The van der Waals surface area contributed by atoms with E-state index in [0.717, 1.165) is 37.7 Å². The van der Waals surface area contributed by atoms with Crippen molar-refractivity contribution in [3.63, 3.8) is 0 Å². The Bertz CT molecular complexity index is 308. The molecule has 0 aromatic rings. The number of aliphatic hydroxyl groups excluding tert-OH is 1. The van der Waals surface area contributed by atoms with Crippen LogP contribution in [0.3, 0.4) is 0 Å². The van der Waals surface area contributed by atoms with Gasteiger partial charge in [-0.1, -0.05) is 19.9 Å². The Hall–Kier alpha value is -0.340. The van der Waals surface area contributed by atoms with Gasteiger partial charge in [0.15, 0.2) is 0 Å². The molecule has 0 radical (unpaired) electrons. The van der Waals surface area contributed by atoms with Crippen molar-refractivity contribution >= 4 is 0 Å². The van der Waals surface area contributed by atoms with Crippen molar-refractivity contribution in [3.8, 4) is 0 Å². The Morgan fingerprint density at radius 2 is 2.00 bits per heavy atom. The van der Waals surface area contributed by atoms with Gasteiger partial charge in [0.05, 0.1) is 12.2 Å². The van der Waals surface area contributed by atoms with Crippen molar-refractivity contribution in [2.24, 2.45) is 17.3 Å². The molecule has 98 valence electrons. The van der Waals surface area contributed by atoms with E-state index in [1.54, 1.807) is 0 Å². The highest BCUT2D eigenvalue weighted by molar-refractivity contribution is 5.09. The SMILES string of the molecule is C=C(CO)[C@H]1CC[C@@]2(C)CCC[C@@](C)(O)[C@@H]2C1. The molecule has 0 aromatic carbocycles. The van der Waals surface area contributed by atoms with Gasteiger partial charge in [-0.15, -0.1) is 0 Å². The van der Waals surface area contributed by atoms with Crippen molar-refractivity contribution in [3.05, 3.63) is 12.2 Å². The van der Waals surface area contributed by atoms with E-state index in [-0.39, 0.29) is 6.61 Å². The maximum Gasteiger partial charge on any atom is 0.0653 e. The Balaban J connectivity index is 2.17. The van der Waals surface area contributed by atoms with Gasteiger partial charge in [-0.25, -0.2) is 0 Å². The molecule has 2 rings (SSSR count). The summed E-state index contributed by atoms with van der Waals surface area (Å²) in [5.41, 5.74) is 0.725. The van der Waals surface area contributed by atoms with Crippen molar-refractivity contribution < 1.29 is 10.2 Å². The minimum atomic E-state index is -0.526. The van der Waals surface area contributed by atoms with Gasteiger partial charge in [0, 0.05) is 0 Å². The number of aliphatic hydroxyl groups is 2. The summed E-state index contributed by atoms with van der Waals surface area (Å²) in [5, 5.41) is 19.8. The molecule has 0 heterocycles. The largest absolute Gasteiger partial charge is 0.392 e. The molecule has 0 amide bonds. The zero-order valence-corrected chi connectivity index (χ0v) is 11.2. The number of hydrogen-bond acceptors (Lipinski definition) is 2. The van der Waals surface area contributed by atoms with Crippen molar-refractivity contribution in [1.82, 2.24) is 0 Å². The summed E-state index contributed by atoms with van der Waals surface area (Å²) in [7, 11) is 0. The fourth-order valence-corrected chi connectivity index (χ4v) is 4.19. The molecular weight excluding hydrogens is 212 g/mol. The van der Waals surface area contributed by atoms with E-state index in [4.69, 9.17) is 0 Å². The van der Waals surface area contributed by atoms with E-state index in [1.807, 2.05) is 6.92 Å². The standard InChI is InChI=1S/C15H26O2/c1-11(10-16)12-5-8-14(2)6-4-7-15(3,17)13(14)9-12/h12-13,16-17H,1,4-10H2,2-3H3/t12-,13+,14+,15+/m0/s1. The van der Waals surface area contributed by atoms with E-state index in [1.165, 1.54) is 6.42 Å². The molecule has 2 N–H and O–H groups in total. The van der Waals surface area contributed by atoms with Gasteiger partial charge < -0.3 is 10.2 Å².